The number of ketones is 1. The molecule has 1 heterocycles. The standard InChI is InChI=1S/C11H7BrN2O2/c12-8-6-13-11(16)14-9(8)10(15)7-4-2-1-3-5-7/h1-6H,(H,13,14,16). The van der Waals surface area contributed by atoms with Crippen molar-refractivity contribution < 1.29 is 4.79 Å². The summed E-state index contributed by atoms with van der Waals surface area (Å²) in [7, 11) is 0. The predicted octanol–water partition coefficient (Wildman–Crippen LogP) is 1.76. The fraction of sp³-hybridized carbons (Fsp3) is 0. The van der Waals surface area contributed by atoms with E-state index in [1.54, 1.807) is 24.3 Å². The fourth-order valence-corrected chi connectivity index (χ4v) is 1.66. The van der Waals surface area contributed by atoms with Gasteiger partial charge in [-0.05, 0) is 15.9 Å². The summed E-state index contributed by atoms with van der Waals surface area (Å²) >= 11 is 3.17. The van der Waals surface area contributed by atoms with E-state index in [0.717, 1.165) is 0 Å². The maximum atomic E-state index is 12.0. The molecule has 4 nitrogen and oxygen atoms in total. The molecule has 2 aromatic rings. The van der Waals surface area contributed by atoms with Gasteiger partial charge in [0.15, 0.2) is 0 Å². The summed E-state index contributed by atoms with van der Waals surface area (Å²) in [6.45, 7) is 0. The number of nitrogens with zero attached hydrogens (tertiary/aromatic N) is 1. The molecule has 0 saturated carbocycles. The Balaban J connectivity index is 2.50. The zero-order valence-corrected chi connectivity index (χ0v) is 9.69. The van der Waals surface area contributed by atoms with Crippen LogP contribution in [0.1, 0.15) is 16.1 Å². The van der Waals surface area contributed by atoms with E-state index in [9.17, 15) is 9.59 Å². The third kappa shape index (κ3) is 2.09. The van der Waals surface area contributed by atoms with E-state index in [-0.39, 0.29) is 11.5 Å². The van der Waals surface area contributed by atoms with Crippen LogP contribution in [0.4, 0.5) is 0 Å². The number of carbonyl (C=O) groups is 1. The number of hydrogen-bond acceptors (Lipinski definition) is 3. The first-order valence-electron chi connectivity index (χ1n) is 4.53. The molecular weight excluding hydrogens is 272 g/mol. The van der Waals surface area contributed by atoms with Crippen LogP contribution in [0, 0.1) is 0 Å². The van der Waals surface area contributed by atoms with Crippen molar-refractivity contribution in [1.82, 2.24) is 9.97 Å². The molecule has 0 amide bonds. The molecule has 0 aliphatic rings. The van der Waals surface area contributed by atoms with Gasteiger partial charge in [-0.15, -0.1) is 0 Å². The predicted molar refractivity (Wildman–Crippen MR) is 62.4 cm³/mol. The molecule has 16 heavy (non-hydrogen) atoms. The summed E-state index contributed by atoms with van der Waals surface area (Å²) in [5.74, 6) is -0.244. The second-order valence-electron chi connectivity index (χ2n) is 3.11. The lowest BCUT2D eigenvalue weighted by Crippen LogP contribution is -2.16. The summed E-state index contributed by atoms with van der Waals surface area (Å²) in [6.07, 6.45) is 1.31. The Morgan fingerprint density at radius 2 is 1.94 bits per heavy atom. The molecule has 1 N–H and O–H groups in total. The molecule has 80 valence electrons. The fourth-order valence-electron chi connectivity index (χ4n) is 1.28. The van der Waals surface area contributed by atoms with Gasteiger partial charge in [0.05, 0.1) is 4.47 Å². The highest BCUT2D eigenvalue weighted by atomic mass is 79.9. The molecule has 0 aliphatic heterocycles. The van der Waals surface area contributed by atoms with Crippen LogP contribution in [0.2, 0.25) is 0 Å². The first-order valence-corrected chi connectivity index (χ1v) is 5.32. The highest BCUT2D eigenvalue weighted by molar-refractivity contribution is 9.10. The molecule has 0 atom stereocenters. The molecule has 0 fully saturated rings. The second kappa shape index (κ2) is 4.40. The molecule has 0 aliphatic carbocycles. The summed E-state index contributed by atoms with van der Waals surface area (Å²) in [4.78, 5) is 28.9. The topological polar surface area (TPSA) is 62.8 Å². The Kier molecular flexibility index (Phi) is 2.96. The maximum Gasteiger partial charge on any atom is 0.345 e. The Hall–Kier alpha value is -1.75. The van der Waals surface area contributed by atoms with E-state index in [2.05, 4.69) is 25.9 Å². The number of carbonyl (C=O) groups excluding carboxylic acids is 1. The average molecular weight is 279 g/mol. The van der Waals surface area contributed by atoms with Gasteiger partial charge in [-0.1, -0.05) is 30.3 Å². The van der Waals surface area contributed by atoms with Crippen molar-refractivity contribution in [3.63, 3.8) is 0 Å². The van der Waals surface area contributed by atoms with E-state index < -0.39 is 5.69 Å². The number of nitrogens with one attached hydrogen (secondary N) is 1. The Labute approximate surface area is 99.5 Å². The molecular formula is C11H7BrN2O2. The number of benzene rings is 1. The Morgan fingerprint density at radius 1 is 1.25 bits per heavy atom. The lowest BCUT2D eigenvalue weighted by atomic mass is 10.1. The van der Waals surface area contributed by atoms with E-state index in [0.29, 0.717) is 10.0 Å². The SMILES string of the molecule is O=C(c1ccccc1)c1[nH]c(=O)ncc1Br. The number of aromatic amines is 1. The van der Waals surface area contributed by atoms with Crippen LogP contribution in [0.5, 0.6) is 0 Å². The first kappa shape index (κ1) is 10.8. The minimum absolute atomic E-state index is 0.214. The van der Waals surface area contributed by atoms with Gasteiger partial charge < -0.3 is 4.98 Å². The molecule has 1 aromatic carbocycles. The van der Waals surface area contributed by atoms with Crippen molar-refractivity contribution in [2.45, 2.75) is 0 Å². The van der Waals surface area contributed by atoms with E-state index in [4.69, 9.17) is 0 Å². The third-order valence-corrected chi connectivity index (χ3v) is 2.63. The van der Waals surface area contributed by atoms with Crippen LogP contribution >= 0.6 is 15.9 Å². The largest absolute Gasteiger partial charge is 0.345 e. The van der Waals surface area contributed by atoms with E-state index in [1.807, 2.05) is 6.07 Å². The average Bonchev–Trinajstić information content (AvgIpc) is 2.32. The van der Waals surface area contributed by atoms with E-state index >= 15 is 0 Å². The van der Waals surface area contributed by atoms with Crippen molar-refractivity contribution in [2.24, 2.45) is 0 Å². The first-order chi connectivity index (χ1) is 7.68. The highest BCUT2D eigenvalue weighted by Gasteiger charge is 2.13. The number of hydrogen-bond donors (Lipinski definition) is 1. The van der Waals surface area contributed by atoms with Crippen molar-refractivity contribution in [1.29, 1.82) is 0 Å². The number of halogens is 1. The van der Waals surface area contributed by atoms with Gasteiger partial charge in [0.25, 0.3) is 0 Å². The normalized spacial score (nSPS) is 10.1. The Morgan fingerprint density at radius 3 is 2.62 bits per heavy atom. The van der Waals surface area contributed by atoms with Gasteiger partial charge in [0, 0.05) is 11.8 Å². The molecule has 0 spiro atoms. The van der Waals surface area contributed by atoms with Crippen LogP contribution in [0.25, 0.3) is 0 Å². The monoisotopic (exact) mass is 278 g/mol. The van der Waals surface area contributed by atoms with Gasteiger partial charge in [-0.2, -0.15) is 0 Å². The lowest BCUT2D eigenvalue weighted by molar-refractivity contribution is 0.103. The molecule has 1 aromatic heterocycles. The Bertz CT molecular complexity index is 578. The zero-order valence-electron chi connectivity index (χ0n) is 8.11. The van der Waals surface area contributed by atoms with Crippen LogP contribution in [-0.2, 0) is 0 Å². The van der Waals surface area contributed by atoms with Gasteiger partial charge in [0.2, 0.25) is 5.78 Å². The number of rotatable bonds is 2. The number of aromatic nitrogens is 2. The summed E-state index contributed by atoms with van der Waals surface area (Å²) in [5.41, 5.74) is 0.193. The molecule has 0 bridgehead atoms. The second-order valence-corrected chi connectivity index (χ2v) is 3.96. The molecule has 5 heteroatoms. The highest BCUT2D eigenvalue weighted by Crippen LogP contribution is 2.15. The van der Waals surface area contributed by atoms with E-state index in [1.165, 1.54) is 6.20 Å². The van der Waals surface area contributed by atoms with Crippen LogP contribution in [-0.4, -0.2) is 15.8 Å². The summed E-state index contributed by atoms with van der Waals surface area (Å²) in [6, 6.07) is 8.73. The van der Waals surface area contributed by atoms with Crippen molar-refractivity contribution in [3.05, 3.63) is 62.7 Å². The van der Waals surface area contributed by atoms with Gasteiger partial charge in [-0.25, -0.2) is 9.78 Å². The van der Waals surface area contributed by atoms with Crippen molar-refractivity contribution in [2.75, 3.05) is 0 Å². The zero-order chi connectivity index (χ0) is 11.5. The minimum atomic E-state index is -0.539. The quantitative estimate of drug-likeness (QED) is 0.852. The number of H-pyrrole nitrogens is 1. The summed E-state index contributed by atoms with van der Waals surface area (Å²) in [5, 5.41) is 0. The van der Waals surface area contributed by atoms with Gasteiger partial charge in [-0.3, -0.25) is 4.79 Å². The van der Waals surface area contributed by atoms with Crippen LogP contribution < -0.4 is 5.69 Å². The smallest absolute Gasteiger partial charge is 0.302 e. The lowest BCUT2D eigenvalue weighted by Gasteiger charge is -2.02. The van der Waals surface area contributed by atoms with Crippen LogP contribution in [0.3, 0.4) is 0 Å². The summed E-state index contributed by atoms with van der Waals surface area (Å²) < 4.78 is 0.473. The minimum Gasteiger partial charge on any atom is -0.302 e. The molecule has 0 unspecified atom stereocenters. The third-order valence-electron chi connectivity index (χ3n) is 2.03. The maximum absolute atomic E-state index is 12.0. The van der Waals surface area contributed by atoms with Gasteiger partial charge >= 0.3 is 5.69 Å². The van der Waals surface area contributed by atoms with Gasteiger partial charge in [0.1, 0.15) is 5.69 Å². The molecule has 0 radical (unpaired) electrons. The molecule has 0 saturated heterocycles. The van der Waals surface area contributed by atoms with Crippen molar-refractivity contribution in [3.8, 4) is 0 Å². The van der Waals surface area contributed by atoms with Crippen LogP contribution in [0.15, 0.2) is 45.8 Å². The van der Waals surface area contributed by atoms with Crippen molar-refractivity contribution >= 4 is 21.7 Å². The molecule has 2 rings (SSSR count).